The van der Waals surface area contributed by atoms with Gasteiger partial charge in [-0.25, -0.2) is 15.0 Å². The number of amides is 2. The molecular formula is C30H22ClN3O6. The number of hydrazone groups is 1. The van der Waals surface area contributed by atoms with Crippen LogP contribution >= 0.6 is 11.6 Å². The number of benzene rings is 4. The number of carbonyl (C=O) groups is 4. The monoisotopic (exact) mass is 555 g/mol. The molecule has 0 unspecified atom stereocenters. The van der Waals surface area contributed by atoms with Crippen LogP contribution in [0.5, 0.6) is 11.5 Å². The number of carbonyl (C=O) groups excluding carboxylic acids is 4. The van der Waals surface area contributed by atoms with Crippen molar-refractivity contribution in [1.29, 1.82) is 0 Å². The van der Waals surface area contributed by atoms with E-state index in [4.69, 9.17) is 21.1 Å². The van der Waals surface area contributed by atoms with E-state index in [0.29, 0.717) is 27.4 Å². The van der Waals surface area contributed by atoms with E-state index in [1.165, 1.54) is 24.4 Å². The highest BCUT2D eigenvalue weighted by atomic mass is 35.5. The maximum absolute atomic E-state index is 12.7. The van der Waals surface area contributed by atoms with Crippen molar-refractivity contribution < 1.29 is 28.7 Å². The van der Waals surface area contributed by atoms with Crippen LogP contribution in [0, 0.1) is 6.92 Å². The van der Waals surface area contributed by atoms with Gasteiger partial charge in [-0.1, -0.05) is 54.1 Å². The fourth-order valence-electron chi connectivity index (χ4n) is 3.38. The summed E-state index contributed by atoms with van der Waals surface area (Å²) in [5.74, 6) is -3.14. The number of hydrogen-bond acceptors (Lipinski definition) is 7. The number of nitrogens with one attached hydrogen (secondary N) is 2. The molecule has 4 aromatic carbocycles. The third kappa shape index (κ3) is 7.18. The Hall–Kier alpha value is -5.28. The maximum atomic E-state index is 12.7. The molecule has 10 heteroatoms. The fraction of sp³-hybridized carbons (Fsp3) is 0.0333. The number of hydrogen-bond donors (Lipinski definition) is 2. The lowest BCUT2D eigenvalue weighted by atomic mass is 10.2. The first-order valence-corrected chi connectivity index (χ1v) is 12.3. The quantitative estimate of drug-likeness (QED) is 0.107. The lowest BCUT2D eigenvalue weighted by molar-refractivity contribution is -0.136. The van der Waals surface area contributed by atoms with E-state index in [-0.39, 0.29) is 17.1 Å². The van der Waals surface area contributed by atoms with Gasteiger partial charge in [0.15, 0.2) is 0 Å². The van der Waals surface area contributed by atoms with E-state index >= 15 is 0 Å². The van der Waals surface area contributed by atoms with Gasteiger partial charge in [-0.2, -0.15) is 5.10 Å². The predicted molar refractivity (Wildman–Crippen MR) is 150 cm³/mol. The van der Waals surface area contributed by atoms with Crippen LogP contribution < -0.4 is 20.2 Å². The molecule has 0 bridgehead atoms. The fourth-order valence-corrected chi connectivity index (χ4v) is 3.55. The van der Waals surface area contributed by atoms with Gasteiger partial charge in [0, 0.05) is 22.3 Å². The van der Waals surface area contributed by atoms with Crippen molar-refractivity contribution in [1.82, 2.24) is 5.43 Å². The summed E-state index contributed by atoms with van der Waals surface area (Å²) in [6, 6.07) is 25.9. The second-order valence-corrected chi connectivity index (χ2v) is 8.68. The molecule has 0 aromatic heterocycles. The molecule has 200 valence electrons. The number of esters is 2. The number of anilines is 1. The van der Waals surface area contributed by atoms with Crippen molar-refractivity contribution in [2.24, 2.45) is 5.10 Å². The van der Waals surface area contributed by atoms with Crippen LogP contribution in [0.1, 0.15) is 31.8 Å². The summed E-state index contributed by atoms with van der Waals surface area (Å²) in [6.45, 7) is 1.70. The third-order valence-electron chi connectivity index (χ3n) is 5.51. The van der Waals surface area contributed by atoms with E-state index in [1.54, 1.807) is 85.8 Å². The minimum Gasteiger partial charge on any atom is -0.423 e. The minimum atomic E-state index is -1.04. The molecule has 2 amide bonds. The molecule has 0 atom stereocenters. The number of halogens is 1. The van der Waals surface area contributed by atoms with Crippen LogP contribution in [0.25, 0.3) is 0 Å². The Labute approximate surface area is 234 Å². The summed E-state index contributed by atoms with van der Waals surface area (Å²) in [7, 11) is 0. The SMILES string of the molecule is Cc1c(Cl)cccc1NC(=O)C(=O)N/N=C/c1ccc(OC(=O)c2ccccc2)cc1OC(=O)c1ccccc1. The highest BCUT2D eigenvalue weighted by Gasteiger charge is 2.17. The average Bonchev–Trinajstić information content (AvgIpc) is 2.97. The Morgan fingerprint density at radius 3 is 2.02 bits per heavy atom. The van der Waals surface area contributed by atoms with Crippen LogP contribution in [0.4, 0.5) is 5.69 Å². The molecule has 0 fully saturated rings. The zero-order chi connectivity index (χ0) is 28.5. The van der Waals surface area contributed by atoms with Gasteiger partial charge >= 0.3 is 23.8 Å². The van der Waals surface area contributed by atoms with Gasteiger partial charge in [0.2, 0.25) is 0 Å². The number of nitrogens with zero attached hydrogens (tertiary/aromatic N) is 1. The van der Waals surface area contributed by atoms with Crippen LogP contribution in [0.3, 0.4) is 0 Å². The van der Waals surface area contributed by atoms with Crippen molar-refractivity contribution >= 4 is 47.3 Å². The Bertz CT molecular complexity index is 1590. The first-order chi connectivity index (χ1) is 19.3. The second-order valence-electron chi connectivity index (χ2n) is 8.28. The van der Waals surface area contributed by atoms with E-state index in [0.717, 1.165) is 0 Å². The van der Waals surface area contributed by atoms with Crippen LogP contribution in [-0.2, 0) is 9.59 Å². The van der Waals surface area contributed by atoms with Crippen LogP contribution in [0.15, 0.2) is 102 Å². The molecule has 4 aromatic rings. The molecule has 2 N–H and O–H groups in total. The number of ether oxygens (including phenoxy) is 2. The van der Waals surface area contributed by atoms with Gasteiger partial charge in [-0.15, -0.1) is 0 Å². The minimum absolute atomic E-state index is 0.00391. The smallest absolute Gasteiger partial charge is 0.343 e. The molecule has 0 heterocycles. The third-order valence-corrected chi connectivity index (χ3v) is 5.92. The topological polar surface area (TPSA) is 123 Å². The molecule has 0 aliphatic carbocycles. The highest BCUT2D eigenvalue weighted by molar-refractivity contribution is 6.40. The Morgan fingerprint density at radius 2 is 1.38 bits per heavy atom. The molecule has 0 spiro atoms. The zero-order valence-corrected chi connectivity index (χ0v) is 21.8. The molecule has 4 rings (SSSR count). The predicted octanol–water partition coefficient (Wildman–Crippen LogP) is 5.18. The second kappa shape index (κ2) is 13.0. The summed E-state index contributed by atoms with van der Waals surface area (Å²) < 4.78 is 11.0. The summed E-state index contributed by atoms with van der Waals surface area (Å²) in [5.41, 5.74) is 4.00. The molecule has 0 aliphatic heterocycles. The normalized spacial score (nSPS) is 10.6. The molecule has 40 heavy (non-hydrogen) atoms. The Kier molecular flexibility index (Phi) is 9.01. The first kappa shape index (κ1) is 27.7. The lowest BCUT2D eigenvalue weighted by Crippen LogP contribution is -2.32. The summed E-state index contributed by atoms with van der Waals surface area (Å²) in [6.07, 6.45) is 1.19. The van der Waals surface area contributed by atoms with Gasteiger partial charge in [0.1, 0.15) is 11.5 Å². The van der Waals surface area contributed by atoms with Crippen molar-refractivity contribution in [3.8, 4) is 11.5 Å². The molecule has 0 saturated carbocycles. The number of rotatable bonds is 7. The summed E-state index contributed by atoms with van der Waals surface area (Å²) in [4.78, 5) is 49.8. The van der Waals surface area contributed by atoms with E-state index < -0.39 is 23.8 Å². The van der Waals surface area contributed by atoms with Crippen molar-refractivity contribution in [2.75, 3.05) is 5.32 Å². The Balaban J connectivity index is 1.50. The van der Waals surface area contributed by atoms with Gasteiger partial charge in [-0.05, 0) is 61.0 Å². The average molecular weight is 556 g/mol. The van der Waals surface area contributed by atoms with Crippen molar-refractivity contribution in [3.63, 3.8) is 0 Å². The lowest BCUT2D eigenvalue weighted by Gasteiger charge is -2.11. The first-order valence-electron chi connectivity index (χ1n) is 11.9. The van der Waals surface area contributed by atoms with E-state index in [9.17, 15) is 19.2 Å². The van der Waals surface area contributed by atoms with Crippen molar-refractivity contribution in [2.45, 2.75) is 6.92 Å². The molecule has 9 nitrogen and oxygen atoms in total. The maximum Gasteiger partial charge on any atom is 0.343 e. The highest BCUT2D eigenvalue weighted by Crippen LogP contribution is 2.26. The standard InChI is InChI=1S/C30H22ClN3O6/c1-19-24(31)13-8-14-25(19)33-27(35)28(36)34-32-18-22-15-16-23(39-29(37)20-9-4-2-5-10-20)17-26(22)40-30(38)21-11-6-3-7-12-21/h2-18H,1H3,(H,33,35)(H,34,36)/b32-18+. The van der Waals surface area contributed by atoms with Crippen molar-refractivity contribution in [3.05, 3.63) is 124 Å². The molecular weight excluding hydrogens is 534 g/mol. The van der Waals surface area contributed by atoms with Crippen LogP contribution in [-0.4, -0.2) is 30.0 Å². The largest absolute Gasteiger partial charge is 0.423 e. The van der Waals surface area contributed by atoms with E-state index in [1.807, 2.05) is 0 Å². The van der Waals surface area contributed by atoms with Gasteiger partial charge in [0.05, 0.1) is 17.3 Å². The zero-order valence-electron chi connectivity index (χ0n) is 21.1. The van der Waals surface area contributed by atoms with E-state index in [2.05, 4.69) is 15.8 Å². The summed E-state index contributed by atoms with van der Waals surface area (Å²) >= 11 is 6.05. The molecule has 0 aliphatic rings. The van der Waals surface area contributed by atoms with Gasteiger partial charge in [-0.3, -0.25) is 9.59 Å². The summed E-state index contributed by atoms with van der Waals surface area (Å²) in [5, 5.41) is 6.72. The Morgan fingerprint density at radius 1 is 0.750 bits per heavy atom. The van der Waals surface area contributed by atoms with Gasteiger partial charge < -0.3 is 14.8 Å². The molecule has 0 saturated heterocycles. The van der Waals surface area contributed by atoms with Crippen LogP contribution in [0.2, 0.25) is 5.02 Å². The van der Waals surface area contributed by atoms with Gasteiger partial charge in [0.25, 0.3) is 0 Å². The molecule has 0 radical (unpaired) electrons.